The summed E-state index contributed by atoms with van der Waals surface area (Å²) in [7, 11) is 0. The monoisotopic (exact) mass is 604 g/mol. The van der Waals surface area contributed by atoms with Crippen molar-refractivity contribution < 1.29 is 23.5 Å². The van der Waals surface area contributed by atoms with Gasteiger partial charge in [0.1, 0.15) is 11.6 Å². The number of nitrogens with zero attached hydrogens (tertiary/aromatic N) is 3. The van der Waals surface area contributed by atoms with E-state index >= 15 is 0 Å². The standard InChI is InChI=1S/C32H30ClFN4O5/c1-3-42-32(41)22-8-6-14-37(19-22)30(39)21-7-4-10-24(16-21)36-29-28(43-26-12-13-27(33)20(2)15-26)18-35-38(31(29)40)25-11-5-9-23(34)17-25/h4-5,7,9-13,15-18,22,36H,3,6,8,14,19H2,1-2H3/t22-/m0/s1. The van der Waals surface area contributed by atoms with Gasteiger partial charge in [0.25, 0.3) is 11.5 Å². The van der Waals surface area contributed by atoms with Crippen molar-refractivity contribution in [1.29, 1.82) is 0 Å². The minimum atomic E-state index is -0.598. The van der Waals surface area contributed by atoms with E-state index in [1.165, 1.54) is 24.4 Å². The number of halogens is 2. The topological polar surface area (TPSA) is 103 Å². The number of amides is 1. The van der Waals surface area contributed by atoms with Crippen molar-refractivity contribution in [3.05, 3.63) is 105 Å². The average molecular weight is 605 g/mol. The number of carbonyl (C=O) groups excluding carboxylic acids is 2. The molecule has 1 amide bonds. The molecule has 1 aliphatic rings. The molecule has 4 aromatic rings. The molecule has 9 nitrogen and oxygen atoms in total. The predicted molar refractivity (Wildman–Crippen MR) is 161 cm³/mol. The molecule has 1 saturated heterocycles. The highest BCUT2D eigenvalue weighted by atomic mass is 35.5. The Morgan fingerprint density at radius 2 is 1.93 bits per heavy atom. The van der Waals surface area contributed by atoms with Crippen LogP contribution in [0.3, 0.4) is 0 Å². The number of nitrogens with one attached hydrogen (secondary N) is 1. The van der Waals surface area contributed by atoms with Crippen LogP contribution in [-0.2, 0) is 9.53 Å². The smallest absolute Gasteiger partial charge is 0.310 e. The van der Waals surface area contributed by atoms with Crippen LogP contribution in [0.1, 0.15) is 35.7 Å². The summed E-state index contributed by atoms with van der Waals surface area (Å²) in [4.78, 5) is 41.1. The van der Waals surface area contributed by atoms with Crippen molar-refractivity contribution in [2.24, 2.45) is 5.92 Å². The maximum absolute atomic E-state index is 14.0. The number of ether oxygens (including phenoxy) is 2. The van der Waals surface area contributed by atoms with Crippen molar-refractivity contribution in [3.63, 3.8) is 0 Å². The first-order valence-electron chi connectivity index (χ1n) is 13.9. The summed E-state index contributed by atoms with van der Waals surface area (Å²) in [6.07, 6.45) is 2.71. The van der Waals surface area contributed by atoms with E-state index in [-0.39, 0.29) is 48.1 Å². The van der Waals surface area contributed by atoms with E-state index in [0.29, 0.717) is 41.4 Å². The fourth-order valence-electron chi connectivity index (χ4n) is 4.90. The molecule has 1 aliphatic heterocycles. The number of aryl methyl sites for hydroxylation is 1. The van der Waals surface area contributed by atoms with Gasteiger partial charge in [-0.2, -0.15) is 9.78 Å². The van der Waals surface area contributed by atoms with Crippen molar-refractivity contribution in [2.45, 2.75) is 26.7 Å². The van der Waals surface area contributed by atoms with Crippen molar-refractivity contribution in [3.8, 4) is 17.2 Å². The molecule has 0 spiro atoms. The van der Waals surface area contributed by atoms with Gasteiger partial charge in [0.2, 0.25) is 0 Å². The van der Waals surface area contributed by atoms with Crippen LogP contribution in [0.4, 0.5) is 15.8 Å². The number of benzene rings is 3. The third-order valence-electron chi connectivity index (χ3n) is 7.06. The Morgan fingerprint density at radius 3 is 2.70 bits per heavy atom. The molecule has 3 aromatic carbocycles. The van der Waals surface area contributed by atoms with Gasteiger partial charge < -0.3 is 19.7 Å². The van der Waals surface area contributed by atoms with Gasteiger partial charge in [-0.15, -0.1) is 0 Å². The Balaban J connectivity index is 1.47. The predicted octanol–water partition coefficient (Wildman–Crippen LogP) is 6.28. The lowest BCUT2D eigenvalue weighted by atomic mass is 9.97. The van der Waals surface area contributed by atoms with Gasteiger partial charge in [0.15, 0.2) is 11.4 Å². The third kappa shape index (κ3) is 6.86. The zero-order chi connectivity index (χ0) is 30.5. The summed E-state index contributed by atoms with van der Waals surface area (Å²) in [5, 5.41) is 7.87. The molecule has 0 bridgehead atoms. The highest BCUT2D eigenvalue weighted by Gasteiger charge is 2.30. The summed E-state index contributed by atoms with van der Waals surface area (Å²) < 4.78 is 26.3. The number of likely N-dealkylation sites (tertiary alicyclic amines) is 1. The van der Waals surface area contributed by atoms with Gasteiger partial charge in [-0.25, -0.2) is 4.39 Å². The lowest BCUT2D eigenvalue weighted by Crippen LogP contribution is -2.42. The van der Waals surface area contributed by atoms with E-state index in [9.17, 15) is 18.8 Å². The molecule has 0 aliphatic carbocycles. The fraction of sp³-hybridized carbons (Fsp3) is 0.250. The van der Waals surface area contributed by atoms with E-state index < -0.39 is 11.4 Å². The van der Waals surface area contributed by atoms with Crippen LogP contribution >= 0.6 is 11.6 Å². The molecule has 1 atom stereocenters. The van der Waals surface area contributed by atoms with E-state index in [2.05, 4.69) is 10.4 Å². The van der Waals surface area contributed by atoms with Crippen molar-refractivity contribution in [1.82, 2.24) is 14.7 Å². The fourth-order valence-corrected chi connectivity index (χ4v) is 5.02. The molecule has 11 heteroatoms. The normalized spacial score (nSPS) is 14.7. The summed E-state index contributed by atoms with van der Waals surface area (Å²) in [6.45, 7) is 4.67. The molecule has 5 rings (SSSR count). The molecule has 1 fully saturated rings. The minimum Gasteiger partial charge on any atom is -0.466 e. The lowest BCUT2D eigenvalue weighted by molar-refractivity contribution is -0.149. The molecular weight excluding hydrogens is 575 g/mol. The largest absolute Gasteiger partial charge is 0.466 e. The number of rotatable bonds is 8. The molecule has 222 valence electrons. The second-order valence-electron chi connectivity index (χ2n) is 10.1. The van der Waals surface area contributed by atoms with Crippen molar-refractivity contribution >= 4 is 34.9 Å². The van der Waals surface area contributed by atoms with Crippen LogP contribution in [0.5, 0.6) is 11.5 Å². The van der Waals surface area contributed by atoms with E-state index in [4.69, 9.17) is 21.1 Å². The molecule has 0 unspecified atom stereocenters. The Hall–Kier alpha value is -4.70. The Labute approximate surface area is 252 Å². The number of hydrogen-bond acceptors (Lipinski definition) is 7. The van der Waals surface area contributed by atoms with Gasteiger partial charge in [-0.3, -0.25) is 14.4 Å². The van der Waals surface area contributed by atoms with Gasteiger partial charge in [-0.05, 0) is 86.8 Å². The quantitative estimate of drug-likeness (QED) is 0.236. The molecular formula is C32H30ClFN4O5. The van der Waals surface area contributed by atoms with Crippen LogP contribution in [0.2, 0.25) is 5.02 Å². The van der Waals surface area contributed by atoms with Gasteiger partial charge in [-0.1, -0.05) is 23.7 Å². The molecule has 43 heavy (non-hydrogen) atoms. The SMILES string of the molecule is CCOC(=O)[C@H]1CCCN(C(=O)c2cccc(Nc3c(Oc4ccc(Cl)c(C)c4)cnn(-c4cccc(F)c4)c3=O)c2)C1. The maximum atomic E-state index is 14.0. The molecule has 0 radical (unpaired) electrons. The van der Waals surface area contributed by atoms with Crippen LogP contribution in [0.15, 0.2) is 77.7 Å². The van der Waals surface area contributed by atoms with Gasteiger partial charge in [0, 0.05) is 29.4 Å². The average Bonchev–Trinajstić information content (AvgIpc) is 3.01. The van der Waals surface area contributed by atoms with Crippen LogP contribution in [0.25, 0.3) is 5.69 Å². The number of carbonyl (C=O) groups is 2. The highest BCUT2D eigenvalue weighted by Crippen LogP contribution is 2.31. The second kappa shape index (κ2) is 13.1. The first kappa shape index (κ1) is 29.8. The number of anilines is 2. The first-order valence-corrected chi connectivity index (χ1v) is 14.3. The lowest BCUT2D eigenvalue weighted by Gasteiger charge is -2.31. The first-order chi connectivity index (χ1) is 20.7. The second-order valence-corrected chi connectivity index (χ2v) is 10.5. The van der Waals surface area contributed by atoms with Crippen LogP contribution in [0, 0.1) is 18.7 Å². The minimum absolute atomic E-state index is 0.0248. The summed E-state index contributed by atoms with van der Waals surface area (Å²) >= 11 is 6.16. The van der Waals surface area contributed by atoms with Crippen LogP contribution < -0.4 is 15.6 Å². The number of hydrogen-bond donors (Lipinski definition) is 1. The number of aromatic nitrogens is 2. The van der Waals surface area contributed by atoms with E-state index in [0.717, 1.165) is 10.2 Å². The molecule has 1 aromatic heterocycles. The molecule has 2 heterocycles. The summed E-state index contributed by atoms with van der Waals surface area (Å²) in [6, 6.07) is 17.3. The zero-order valence-corrected chi connectivity index (χ0v) is 24.4. The Kier molecular flexibility index (Phi) is 9.06. The maximum Gasteiger partial charge on any atom is 0.310 e. The molecule has 1 N–H and O–H groups in total. The zero-order valence-electron chi connectivity index (χ0n) is 23.7. The highest BCUT2D eigenvalue weighted by molar-refractivity contribution is 6.31. The van der Waals surface area contributed by atoms with Gasteiger partial charge >= 0.3 is 5.97 Å². The number of esters is 1. The van der Waals surface area contributed by atoms with E-state index in [1.54, 1.807) is 60.4 Å². The van der Waals surface area contributed by atoms with Gasteiger partial charge in [0.05, 0.1) is 24.4 Å². The Bertz CT molecular complexity index is 1730. The summed E-state index contributed by atoms with van der Waals surface area (Å²) in [5.41, 5.74) is 1.26. The summed E-state index contributed by atoms with van der Waals surface area (Å²) in [5.74, 6) is -0.881. The van der Waals surface area contributed by atoms with Crippen molar-refractivity contribution in [2.75, 3.05) is 25.0 Å². The third-order valence-corrected chi connectivity index (χ3v) is 7.48. The number of piperidine rings is 1. The van der Waals surface area contributed by atoms with Crippen LogP contribution in [-0.4, -0.2) is 46.3 Å². The molecule has 0 saturated carbocycles. The Morgan fingerprint density at radius 1 is 1.12 bits per heavy atom. The van der Waals surface area contributed by atoms with E-state index in [1.807, 2.05) is 6.92 Å².